The number of ether oxygens (including phenoxy) is 2. The van der Waals surface area contributed by atoms with Crippen LogP contribution in [0.4, 0.5) is 4.39 Å². The zero-order valence-corrected chi connectivity index (χ0v) is 23.7. The minimum Gasteiger partial charge on any atom is -0.463 e. The molecule has 1 aromatic carbocycles. The highest BCUT2D eigenvalue weighted by Gasteiger charge is 2.21. The third-order valence-corrected chi connectivity index (χ3v) is 5.51. The molecule has 9 nitrogen and oxygen atoms in total. The largest absolute Gasteiger partial charge is 0.463 e. The van der Waals surface area contributed by atoms with Crippen molar-refractivity contribution in [2.45, 2.75) is 27.7 Å². The van der Waals surface area contributed by atoms with E-state index in [0.29, 0.717) is 12.3 Å². The molecule has 0 bridgehead atoms. The summed E-state index contributed by atoms with van der Waals surface area (Å²) in [4.78, 5) is 23.3. The van der Waals surface area contributed by atoms with Crippen LogP contribution in [0.1, 0.15) is 38.1 Å². The molecule has 1 heterocycles. The highest BCUT2D eigenvalue weighted by molar-refractivity contribution is 5.96. The molecule has 212 valence electrons. The molecule has 0 aliphatic carbocycles. The lowest BCUT2D eigenvalue weighted by atomic mass is 10.1. The highest BCUT2D eigenvalue weighted by Crippen LogP contribution is 2.25. The molecule has 40 heavy (non-hydrogen) atoms. The van der Waals surface area contributed by atoms with Gasteiger partial charge in [-0.15, -0.1) is 0 Å². The first-order valence-corrected chi connectivity index (χ1v) is 12.7. The number of aromatic nitrogens is 2. The van der Waals surface area contributed by atoms with Crippen molar-refractivity contribution in [3.8, 4) is 11.3 Å². The van der Waals surface area contributed by atoms with Crippen molar-refractivity contribution in [1.29, 1.82) is 0 Å². The van der Waals surface area contributed by atoms with Crippen molar-refractivity contribution in [1.82, 2.24) is 19.9 Å². The van der Waals surface area contributed by atoms with Gasteiger partial charge in [0, 0.05) is 37.8 Å². The first kappa shape index (κ1) is 31.5. The van der Waals surface area contributed by atoms with Crippen LogP contribution in [0.3, 0.4) is 0 Å². The van der Waals surface area contributed by atoms with Gasteiger partial charge in [0.25, 0.3) is 0 Å². The number of rotatable bonds is 14. The number of likely N-dealkylation sites (N-methyl/N-ethyl adjacent to an activating group) is 1. The van der Waals surface area contributed by atoms with Crippen LogP contribution in [0.5, 0.6) is 0 Å². The second kappa shape index (κ2) is 16.3. The molecule has 0 amide bonds. The Balaban J connectivity index is 2.30. The second-order valence-electron chi connectivity index (χ2n) is 8.27. The minimum atomic E-state index is -0.656. The molecule has 0 unspecified atom stereocenters. The Kier molecular flexibility index (Phi) is 12.8. The summed E-state index contributed by atoms with van der Waals surface area (Å²) >= 11 is 0. The molecular weight excluding hydrogens is 511 g/mol. The number of allylic oxidation sites excluding steroid dienone is 5. The smallest absolute Gasteiger partial charge is 0.341 e. The molecule has 0 saturated heterocycles. The van der Waals surface area contributed by atoms with Gasteiger partial charge in [-0.2, -0.15) is 9.78 Å². The summed E-state index contributed by atoms with van der Waals surface area (Å²) in [6.07, 6.45) is 12.4. The molecular formula is C30H37FN6O3. The Morgan fingerprint density at radius 1 is 1.25 bits per heavy atom. The third kappa shape index (κ3) is 8.93. The summed E-state index contributed by atoms with van der Waals surface area (Å²) in [5.41, 5.74) is 1.22. The molecule has 1 N–H and O–H groups in total. The first-order chi connectivity index (χ1) is 19.3. The van der Waals surface area contributed by atoms with Crippen LogP contribution in [0.2, 0.25) is 0 Å². The van der Waals surface area contributed by atoms with Crippen molar-refractivity contribution in [3.05, 3.63) is 108 Å². The molecule has 2 aromatic rings. The van der Waals surface area contributed by atoms with E-state index in [9.17, 15) is 9.18 Å². The topological polar surface area (TPSA) is 93.3 Å². The number of carbonyl (C=O) groups is 1. The van der Waals surface area contributed by atoms with Crippen LogP contribution in [0.25, 0.3) is 11.3 Å². The molecule has 0 atom stereocenters. The average molecular weight is 549 g/mol. The van der Waals surface area contributed by atoms with E-state index < -0.39 is 11.8 Å². The lowest BCUT2D eigenvalue weighted by molar-refractivity contribution is 0.0525. The van der Waals surface area contributed by atoms with Gasteiger partial charge in [-0.25, -0.2) is 19.2 Å². The SMILES string of the molecule is C=CN(C)C/C=C(\C)OC(/C=C\C(=C/C)NC/N=c1/ncc(C(=O)OCC)c(-c2ccccc2F)n1N=C)=C/C. The fourth-order valence-electron chi connectivity index (χ4n) is 3.36. The number of hydrogen-bond donors (Lipinski definition) is 1. The first-order valence-electron chi connectivity index (χ1n) is 12.7. The Hall–Kier alpha value is -4.73. The number of halogens is 1. The lowest BCUT2D eigenvalue weighted by Gasteiger charge is -2.14. The lowest BCUT2D eigenvalue weighted by Crippen LogP contribution is -2.28. The number of nitrogens with one attached hydrogen (secondary N) is 1. The van der Waals surface area contributed by atoms with Gasteiger partial charge in [0.1, 0.15) is 23.8 Å². The van der Waals surface area contributed by atoms with Gasteiger partial charge in [-0.3, -0.25) is 0 Å². The summed E-state index contributed by atoms with van der Waals surface area (Å²) < 4.78 is 27.1. The maximum Gasteiger partial charge on any atom is 0.341 e. The van der Waals surface area contributed by atoms with Gasteiger partial charge in [0.15, 0.2) is 0 Å². The van der Waals surface area contributed by atoms with Crippen molar-refractivity contribution in [2.24, 2.45) is 10.1 Å². The van der Waals surface area contributed by atoms with Crippen LogP contribution in [-0.2, 0) is 9.47 Å². The normalized spacial score (nSPS) is 12.8. The van der Waals surface area contributed by atoms with E-state index in [1.807, 2.05) is 63.1 Å². The van der Waals surface area contributed by atoms with Crippen LogP contribution in [-0.4, -0.2) is 54.1 Å². The van der Waals surface area contributed by atoms with E-state index in [1.165, 1.54) is 23.0 Å². The predicted octanol–water partition coefficient (Wildman–Crippen LogP) is 5.14. The number of carbonyl (C=O) groups excluding carboxylic acids is 1. The van der Waals surface area contributed by atoms with E-state index in [0.717, 1.165) is 11.5 Å². The zero-order chi connectivity index (χ0) is 29.5. The van der Waals surface area contributed by atoms with Crippen molar-refractivity contribution < 1.29 is 18.7 Å². The van der Waals surface area contributed by atoms with Gasteiger partial charge in [0.2, 0.25) is 5.62 Å². The maximum absolute atomic E-state index is 14.8. The van der Waals surface area contributed by atoms with Crippen molar-refractivity contribution in [2.75, 3.05) is 26.9 Å². The van der Waals surface area contributed by atoms with Gasteiger partial charge in [0.05, 0.1) is 18.1 Å². The maximum atomic E-state index is 14.8. The monoisotopic (exact) mass is 548 g/mol. The predicted molar refractivity (Wildman–Crippen MR) is 156 cm³/mol. The van der Waals surface area contributed by atoms with Gasteiger partial charge in [-0.05, 0) is 70.3 Å². The summed E-state index contributed by atoms with van der Waals surface area (Å²) in [5.74, 6) is 0.242. The van der Waals surface area contributed by atoms with Crippen molar-refractivity contribution in [3.63, 3.8) is 0 Å². The summed E-state index contributed by atoms with van der Waals surface area (Å²) in [7, 11) is 1.93. The number of benzene rings is 1. The fourth-order valence-corrected chi connectivity index (χ4v) is 3.36. The average Bonchev–Trinajstić information content (AvgIpc) is 2.96. The van der Waals surface area contributed by atoms with E-state index in [4.69, 9.17) is 9.47 Å². The van der Waals surface area contributed by atoms with Crippen molar-refractivity contribution >= 4 is 12.7 Å². The fraction of sp³-hybridized carbons (Fsp3) is 0.267. The van der Waals surface area contributed by atoms with E-state index in [2.05, 4.69) is 33.7 Å². The van der Waals surface area contributed by atoms with Gasteiger partial charge >= 0.3 is 5.97 Å². The van der Waals surface area contributed by atoms with Crippen LogP contribution >= 0.6 is 0 Å². The minimum absolute atomic E-state index is 0.0442. The Labute approximate surface area is 235 Å². The Morgan fingerprint density at radius 3 is 2.62 bits per heavy atom. The Bertz CT molecular complexity index is 1390. The number of nitrogens with zero attached hydrogens (tertiary/aromatic N) is 5. The van der Waals surface area contributed by atoms with E-state index >= 15 is 0 Å². The molecule has 0 radical (unpaired) electrons. The van der Waals surface area contributed by atoms with E-state index in [1.54, 1.807) is 25.3 Å². The van der Waals surface area contributed by atoms with Gasteiger partial charge < -0.3 is 19.7 Å². The standard InChI is InChI=1S/C30H37FN6O3/c1-8-23(16-17-24(9-2)40-22(5)18-19-36(7)10-3)34-21-35-30-33-20-26(29(38)39-11-4)28(37(30)32-6)25-14-12-13-15-27(25)31/h8-10,12-18,20,34H,3,6,11,19,21H2,1-2,4-5,7H3/b17-16-,22-18+,23-8+,24-9+,35-30-. The number of esters is 1. The molecule has 2 rings (SSSR count). The molecule has 0 fully saturated rings. The molecule has 0 spiro atoms. The summed E-state index contributed by atoms with van der Waals surface area (Å²) in [6, 6.07) is 6.04. The zero-order valence-electron chi connectivity index (χ0n) is 23.7. The summed E-state index contributed by atoms with van der Waals surface area (Å²) in [5, 5.41) is 7.17. The Morgan fingerprint density at radius 2 is 2.00 bits per heavy atom. The van der Waals surface area contributed by atoms with Crippen LogP contribution < -0.4 is 10.9 Å². The third-order valence-electron chi connectivity index (χ3n) is 5.51. The molecule has 0 aliphatic rings. The highest BCUT2D eigenvalue weighted by atomic mass is 19.1. The second-order valence-corrected chi connectivity index (χ2v) is 8.27. The summed E-state index contributed by atoms with van der Waals surface area (Å²) in [6.45, 7) is 15.6. The molecule has 0 aliphatic heterocycles. The quantitative estimate of drug-likeness (QED) is 0.152. The van der Waals surface area contributed by atoms with Crippen LogP contribution in [0, 0.1) is 5.82 Å². The molecule has 1 aromatic heterocycles. The molecule has 10 heteroatoms. The van der Waals surface area contributed by atoms with E-state index in [-0.39, 0.29) is 35.7 Å². The molecule has 0 saturated carbocycles. The van der Waals surface area contributed by atoms with Gasteiger partial charge in [-0.1, -0.05) is 24.8 Å². The van der Waals surface area contributed by atoms with Crippen LogP contribution in [0.15, 0.2) is 101 Å². The number of hydrogen-bond acceptors (Lipinski definition) is 8.